The Hall–Kier alpha value is -0.780. The van der Waals surface area contributed by atoms with Crippen LogP contribution in [-0.2, 0) is 0 Å². The normalized spacial score (nSPS) is 23.3. The lowest BCUT2D eigenvalue weighted by molar-refractivity contribution is 1.48. The second-order valence-corrected chi connectivity index (χ2v) is 1.04. The van der Waals surface area contributed by atoms with Crippen molar-refractivity contribution < 1.29 is 9.60 Å². The maximum atomic E-state index is 7.35. The van der Waals surface area contributed by atoms with Crippen molar-refractivity contribution in [2.24, 2.45) is 0 Å². The standard InChI is InChI=1S/C7H8/c1-7-5-3-2-4-6-7/h2-6H,1H3/i1D2,2D,3D,4D,5D,6D. The lowest BCUT2D eigenvalue weighted by atomic mass is 10.2. The van der Waals surface area contributed by atoms with Gasteiger partial charge in [0.1, 0.15) is 0 Å². The van der Waals surface area contributed by atoms with E-state index in [9.17, 15) is 0 Å². The van der Waals surface area contributed by atoms with E-state index in [2.05, 4.69) is 0 Å². The van der Waals surface area contributed by atoms with Gasteiger partial charge in [-0.15, -0.1) is 0 Å². The number of hydrogen-bond acceptors (Lipinski definition) is 0. The maximum absolute atomic E-state index is 7.35. The predicted octanol–water partition coefficient (Wildman–Crippen LogP) is 2.00. The molecule has 0 radical (unpaired) electrons. The fourth-order valence-corrected chi connectivity index (χ4v) is 0.260. The molecule has 0 nitrogen and oxygen atoms in total. The zero-order valence-electron chi connectivity index (χ0n) is 10.6. The summed E-state index contributed by atoms with van der Waals surface area (Å²) in [5.74, 6) is 0. The molecule has 0 atom stereocenters. The quantitative estimate of drug-likeness (QED) is 0.466. The fourth-order valence-electron chi connectivity index (χ4n) is 0.260. The first-order valence-corrected chi connectivity index (χ1v) is 1.79. The number of benzene rings is 1. The molecule has 0 aliphatic rings. The van der Waals surface area contributed by atoms with Gasteiger partial charge in [-0.3, -0.25) is 0 Å². The highest BCUT2D eigenvalue weighted by atomic mass is 13.8. The summed E-state index contributed by atoms with van der Waals surface area (Å²) in [6, 6.07) is -2.42. The number of hydrogen-bond donors (Lipinski definition) is 0. The molecule has 0 heterocycles. The van der Waals surface area contributed by atoms with Crippen molar-refractivity contribution in [3.63, 3.8) is 0 Å². The van der Waals surface area contributed by atoms with Crippen LogP contribution in [0.4, 0.5) is 0 Å². The Balaban J connectivity index is 3.60. The van der Waals surface area contributed by atoms with Gasteiger partial charge in [0.2, 0.25) is 0 Å². The molecular formula is C7H8. The fraction of sp³-hybridized carbons (Fsp3) is 0.143. The first kappa shape index (κ1) is 0.970. The Morgan fingerprint density at radius 3 is 2.71 bits per heavy atom. The molecule has 0 aromatic heterocycles. The van der Waals surface area contributed by atoms with Crippen molar-refractivity contribution >= 4 is 0 Å². The minimum Gasteiger partial charge on any atom is -0.0622 e. The van der Waals surface area contributed by atoms with Crippen LogP contribution in [0.3, 0.4) is 0 Å². The van der Waals surface area contributed by atoms with Gasteiger partial charge in [0.05, 0.1) is 6.85 Å². The molecule has 7 heavy (non-hydrogen) atoms. The minimum atomic E-state index is -1.57. The molecule has 0 heteroatoms. The summed E-state index contributed by atoms with van der Waals surface area (Å²) in [6.07, 6.45) is 0. The van der Waals surface area contributed by atoms with Gasteiger partial charge in [0.15, 0.2) is 0 Å². The van der Waals surface area contributed by atoms with E-state index in [1.807, 2.05) is 0 Å². The van der Waals surface area contributed by atoms with Crippen LogP contribution in [0.25, 0.3) is 0 Å². The van der Waals surface area contributed by atoms with Gasteiger partial charge in [0.25, 0.3) is 0 Å². The van der Waals surface area contributed by atoms with E-state index in [0.717, 1.165) is 0 Å². The summed E-state index contributed by atoms with van der Waals surface area (Å²) >= 11 is 0. The minimum absolute atomic E-state index is 0.281. The molecule has 0 saturated heterocycles. The van der Waals surface area contributed by atoms with Gasteiger partial charge in [-0.2, -0.15) is 0 Å². The molecule has 0 saturated carbocycles. The topological polar surface area (TPSA) is 0 Å². The lowest BCUT2D eigenvalue weighted by Gasteiger charge is -1.82. The van der Waals surface area contributed by atoms with Gasteiger partial charge in [-0.05, 0) is 6.88 Å². The van der Waals surface area contributed by atoms with E-state index >= 15 is 0 Å². The van der Waals surface area contributed by atoms with E-state index in [1.165, 1.54) is 0 Å². The van der Waals surface area contributed by atoms with Crippen molar-refractivity contribution in [1.82, 2.24) is 0 Å². The van der Waals surface area contributed by atoms with E-state index in [4.69, 9.17) is 9.60 Å². The second kappa shape index (κ2) is 1.78. The zero-order valence-corrected chi connectivity index (χ0v) is 3.58. The average molecular weight is 99.2 g/mol. The van der Waals surface area contributed by atoms with E-state index in [0.29, 0.717) is 0 Å². The Kier molecular flexibility index (Phi) is 0.247. The van der Waals surface area contributed by atoms with E-state index in [1.54, 1.807) is 0 Å². The van der Waals surface area contributed by atoms with Crippen LogP contribution >= 0.6 is 0 Å². The third-order valence-corrected chi connectivity index (χ3v) is 0.519. The molecular weight excluding hydrogens is 84.1 g/mol. The second-order valence-electron chi connectivity index (χ2n) is 1.04. The van der Waals surface area contributed by atoms with E-state index in [-0.39, 0.29) is 5.56 Å². The summed E-state index contributed by atoms with van der Waals surface area (Å²) in [7, 11) is 0. The van der Waals surface area contributed by atoms with Crippen LogP contribution in [0.5, 0.6) is 0 Å². The summed E-state index contributed by atoms with van der Waals surface area (Å²) in [6.45, 7) is -1.57. The molecule has 0 aliphatic carbocycles. The predicted molar refractivity (Wildman–Crippen MR) is 31.2 cm³/mol. The van der Waals surface area contributed by atoms with Crippen LogP contribution in [-0.4, -0.2) is 0 Å². The monoisotopic (exact) mass is 99.1 g/mol. The Morgan fingerprint density at radius 2 is 2.14 bits per heavy atom. The molecule has 0 bridgehead atoms. The van der Waals surface area contributed by atoms with Crippen LogP contribution in [0.15, 0.2) is 30.2 Å². The van der Waals surface area contributed by atoms with Gasteiger partial charge < -0.3 is 0 Å². The highest BCUT2D eigenvalue weighted by molar-refractivity contribution is 5.11. The Labute approximate surface area is 53.6 Å². The molecule has 1 aromatic rings. The first-order valence-electron chi connectivity index (χ1n) is 5.44. The van der Waals surface area contributed by atoms with Gasteiger partial charge in [-0.1, -0.05) is 35.8 Å². The van der Waals surface area contributed by atoms with Crippen LogP contribution in [0, 0.1) is 6.88 Å². The van der Waals surface area contributed by atoms with Gasteiger partial charge >= 0.3 is 0 Å². The third-order valence-electron chi connectivity index (χ3n) is 0.519. The molecule has 0 amide bonds. The smallest absolute Gasteiger partial charge is 0.0622 e. The van der Waals surface area contributed by atoms with Crippen LogP contribution < -0.4 is 0 Å². The average Bonchev–Trinajstić information content (AvgIpc) is 2.11. The molecule has 1 aromatic carbocycles. The molecule has 0 aliphatic heterocycles. The highest BCUT2D eigenvalue weighted by Crippen LogP contribution is 1.92. The molecule has 0 fully saturated rings. The van der Waals surface area contributed by atoms with Crippen molar-refractivity contribution in [3.05, 3.63) is 35.8 Å². The van der Waals surface area contributed by atoms with Crippen LogP contribution in [0.2, 0.25) is 0 Å². The van der Waals surface area contributed by atoms with Gasteiger partial charge in [-0.25, -0.2) is 0 Å². The zero-order chi connectivity index (χ0) is 11.0. The lowest BCUT2D eigenvalue weighted by Crippen LogP contribution is -1.62. The van der Waals surface area contributed by atoms with Crippen molar-refractivity contribution in [2.75, 3.05) is 0 Å². The SMILES string of the molecule is [2H]c1c([2H])c([2H])c(C([2H])[2H])c([2H])c1[2H]. The molecule has 0 unspecified atom stereocenters. The summed E-state index contributed by atoms with van der Waals surface area (Å²) in [5.41, 5.74) is -0.281. The van der Waals surface area contributed by atoms with Crippen molar-refractivity contribution in [1.29, 1.82) is 0 Å². The summed E-state index contributed by atoms with van der Waals surface area (Å²) in [5, 5.41) is 0. The maximum Gasteiger partial charge on any atom is 0.0625 e. The number of rotatable bonds is 0. The third kappa shape index (κ3) is 1.04. The Bertz CT molecular complexity index is 342. The first-order chi connectivity index (χ1) is 6.37. The molecule has 1 rings (SSSR count). The molecule has 0 spiro atoms. The van der Waals surface area contributed by atoms with Gasteiger partial charge in [0, 0.05) is 2.74 Å². The van der Waals surface area contributed by atoms with E-state index < -0.39 is 37.1 Å². The highest BCUT2D eigenvalue weighted by Gasteiger charge is 1.72. The molecule has 0 N–H and O–H groups in total. The van der Waals surface area contributed by atoms with Crippen molar-refractivity contribution in [3.8, 4) is 0 Å². The summed E-state index contributed by atoms with van der Waals surface area (Å²) in [4.78, 5) is 0. The van der Waals surface area contributed by atoms with Crippen molar-refractivity contribution in [2.45, 2.75) is 6.88 Å². The summed E-state index contributed by atoms with van der Waals surface area (Å²) < 4.78 is 50.6. The van der Waals surface area contributed by atoms with Crippen LogP contribution in [0.1, 0.15) is 15.2 Å². The Morgan fingerprint density at radius 1 is 1.43 bits per heavy atom. The molecule has 36 valence electrons. The largest absolute Gasteiger partial charge is 0.0625 e.